The average molecular weight is 513 g/mol. The lowest BCUT2D eigenvalue weighted by Crippen LogP contribution is -2.36. The van der Waals surface area contributed by atoms with Gasteiger partial charge in [0.15, 0.2) is 11.7 Å². The minimum atomic E-state index is -4.45. The fraction of sp³-hybridized carbons (Fsp3) is 0.312. The summed E-state index contributed by atoms with van der Waals surface area (Å²) >= 11 is 0.928. The molecule has 0 aliphatic rings. The zero-order chi connectivity index (χ0) is 19.2. The number of carbonyl (C=O) groups excluding carboxylic acids is 1. The van der Waals surface area contributed by atoms with Crippen molar-refractivity contribution in [3.05, 3.63) is 51.5 Å². The maximum absolute atomic E-state index is 12.6. The molecule has 0 aliphatic carbocycles. The standard InChI is InChI=1S/C16H18F3N5OS.HI/c1-2-21-15(22-7-10-4-3-5-11(6-10)14(20)25)23-8-13-24-12(9-26-13)16(17,18)19;/h3-6,9H,2,7-8H2,1H3,(H2,20,25)(H2,21,22,23);1H. The highest BCUT2D eigenvalue weighted by Crippen LogP contribution is 2.29. The molecule has 0 bridgehead atoms. The van der Waals surface area contributed by atoms with Crippen molar-refractivity contribution in [1.82, 2.24) is 15.6 Å². The Bertz CT molecular complexity index is 794. The Morgan fingerprint density at radius 3 is 2.67 bits per heavy atom. The van der Waals surface area contributed by atoms with Gasteiger partial charge in [0.25, 0.3) is 0 Å². The molecule has 1 heterocycles. The van der Waals surface area contributed by atoms with Gasteiger partial charge in [0.05, 0.1) is 13.1 Å². The predicted octanol–water partition coefficient (Wildman–Crippen LogP) is 3.13. The van der Waals surface area contributed by atoms with Gasteiger partial charge < -0.3 is 16.4 Å². The van der Waals surface area contributed by atoms with E-state index in [4.69, 9.17) is 5.73 Å². The van der Waals surface area contributed by atoms with Crippen molar-refractivity contribution in [2.75, 3.05) is 6.54 Å². The molecule has 0 aliphatic heterocycles. The van der Waals surface area contributed by atoms with E-state index in [1.165, 1.54) is 0 Å². The van der Waals surface area contributed by atoms with Gasteiger partial charge in [-0.15, -0.1) is 35.3 Å². The lowest BCUT2D eigenvalue weighted by Gasteiger charge is -2.10. The molecule has 1 aromatic heterocycles. The molecule has 1 amide bonds. The van der Waals surface area contributed by atoms with Gasteiger partial charge >= 0.3 is 6.18 Å². The minimum Gasteiger partial charge on any atom is -0.366 e. The molecule has 11 heteroatoms. The molecule has 0 spiro atoms. The van der Waals surface area contributed by atoms with Gasteiger partial charge in [0, 0.05) is 17.5 Å². The van der Waals surface area contributed by atoms with Crippen molar-refractivity contribution in [2.45, 2.75) is 26.2 Å². The quantitative estimate of drug-likeness (QED) is 0.315. The Hall–Kier alpha value is -1.89. The van der Waals surface area contributed by atoms with Crippen LogP contribution >= 0.6 is 35.3 Å². The van der Waals surface area contributed by atoms with E-state index in [1.807, 2.05) is 6.92 Å². The number of primary amides is 1. The molecule has 0 atom stereocenters. The van der Waals surface area contributed by atoms with Crippen LogP contribution in [0.5, 0.6) is 0 Å². The van der Waals surface area contributed by atoms with Crippen molar-refractivity contribution in [3.63, 3.8) is 0 Å². The molecule has 0 unspecified atom stereocenters. The second-order valence-corrected chi connectivity index (χ2v) is 6.18. The van der Waals surface area contributed by atoms with Crippen LogP contribution in [0, 0.1) is 0 Å². The zero-order valence-electron chi connectivity index (χ0n) is 14.3. The lowest BCUT2D eigenvalue weighted by molar-refractivity contribution is -0.140. The molecular formula is C16H19F3IN5OS. The van der Waals surface area contributed by atoms with Crippen molar-refractivity contribution >= 4 is 47.2 Å². The van der Waals surface area contributed by atoms with Gasteiger partial charge in [-0.25, -0.2) is 9.98 Å². The van der Waals surface area contributed by atoms with Gasteiger partial charge in [0.1, 0.15) is 5.01 Å². The Morgan fingerprint density at radius 1 is 1.33 bits per heavy atom. The van der Waals surface area contributed by atoms with Crippen LogP contribution in [0.2, 0.25) is 0 Å². The summed E-state index contributed by atoms with van der Waals surface area (Å²) in [6, 6.07) is 6.76. The maximum Gasteiger partial charge on any atom is 0.434 e. The van der Waals surface area contributed by atoms with E-state index in [2.05, 4.69) is 20.6 Å². The smallest absolute Gasteiger partial charge is 0.366 e. The first-order chi connectivity index (χ1) is 12.3. The number of carbonyl (C=O) groups is 1. The summed E-state index contributed by atoms with van der Waals surface area (Å²) in [5, 5.41) is 7.22. The van der Waals surface area contributed by atoms with E-state index in [-0.39, 0.29) is 37.1 Å². The van der Waals surface area contributed by atoms with Crippen molar-refractivity contribution in [3.8, 4) is 0 Å². The minimum absolute atomic E-state index is 0. The number of aromatic nitrogens is 1. The highest BCUT2D eigenvalue weighted by molar-refractivity contribution is 14.0. The van der Waals surface area contributed by atoms with E-state index in [0.717, 1.165) is 22.3 Å². The molecule has 148 valence electrons. The first-order valence-corrected chi connectivity index (χ1v) is 8.60. The van der Waals surface area contributed by atoms with Gasteiger partial charge in [-0.2, -0.15) is 13.2 Å². The molecule has 27 heavy (non-hydrogen) atoms. The number of rotatable bonds is 6. The zero-order valence-corrected chi connectivity index (χ0v) is 17.5. The number of nitrogens with two attached hydrogens (primary N) is 1. The van der Waals surface area contributed by atoms with Crippen LogP contribution < -0.4 is 16.4 Å². The number of benzene rings is 1. The van der Waals surface area contributed by atoms with E-state index >= 15 is 0 Å². The van der Waals surface area contributed by atoms with Gasteiger partial charge in [-0.3, -0.25) is 4.79 Å². The second kappa shape index (κ2) is 10.4. The number of nitrogens with one attached hydrogen (secondary N) is 2. The van der Waals surface area contributed by atoms with Crippen molar-refractivity contribution < 1.29 is 18.0 Å². The topological polar surface area (TPSA) is 92.4 Å². The number of nitrogens with zero attached hydrogens (tertiary/aromatic N) is 2. The molecule has 6 nitrogen and oxygen atoms in total. The van der Waals surface area contributed by atoms with E-state index in [1.54, 1.807) is 24.3 Å². The molecule has 2 aromatic rings. The first kappa shape index (κ1) is 23.1. The van der Waals surface area contributed by atoms with Crippen LogP contribution in [-0.2, 0) is 19.3 Å². The lowest BCUT2D eigenvalue weighted by atomic mass is 10.1. The Kier molecular flexibility index (Phi) is 8.96. The van der Waals surface area contributed by atoms with Crippen LogP contribution in [0.1, 0.15) is 33.5 Å². The number of alkyl halides is 3. The number of aliphatic imine (C=N–C) groups is 1. The van der Waals surface area contributed by atoms with Crippen LogP contribution in [-0.4, -0.2) is 23.4 Å². The van der Waals surface area contributed by atoms with Crippen molar-refractivity contribution in [2.24, 2.45) is 10.7 Å². The average Bonchev–Trinajstić information content (AvgIpc) is 3.07. The summed E-state index contributed by atoms with van der Waals surface area (Å²) in [5.41, 5.74) is 5.52. The third kappa shape index (κ3) is 7.33. The fourth-order valence-electron chi connectivity index (χ4n) is 2.02. The fourth-order valence-corrected chi connectivity index (χ4v) is 2.76. The largest absolute Gasteiger partial charge is 0.434 e. The molecule has 0 radical (unpaired) electrons. The summed E-state index contributed by atoms with van der Waals surface area (Å²) in [6.07, 6.45) is -4.45. The normalized spacial score (nSPS) is 11.6. The molecular weight excluding hydrogens is 494 g/mol. The van der Waals surface area contributed by atoms with Crippen LogP contribution in [0.15, 0.2) is 34.6 Å². The first-order valence-electron chi connectivity index (χ1n) is 7.72. The van der Waals surface area contributed by atoms with Gasteiger partial charge in [-0.05, 0) is 24.6 Å². The summed E-state index contributed by atoms with van der Waals surface area (Å²) in [6.45, 7) is 2.85. The number of guanidine groups is 1. The molecule has 2 rings (SSSR count). The number of halogens is 4. The Morgan fingerprint density at radius 2 is 2.07 bits per heavy atom. The highest BCUT2D eigenvalue weighted by Gasteiger charge is 2.33. The highest BCUT2D eigenvalue weighted by atomic mass is 127. The van der Waals surface area contributed by atoms with Crippen LogP contribution in [0.4, 0.5) is 13.2 Å². The van der Waals surface area contributed by atoms with Crippen LogP contribution in [0.25, 0.3) is 0 Å². The summed E-state index contributed by atoms with van der Waals surface area (Å²) in [5.74, 6) is -0.0918. The maximum atomic E-state index is 12.6. The molecule has 4 N–H and O–H groups in total. The predicted molar refractivity (Wildman–Crippen MR) is 109 cm³/mol. The molecule has 0 saturated carbocycles. The third-order valence-corrected chi connectivity index (χ3v) is 4.07. The second-order valence-electron chi connectivity index (χ2n) is 5.24. The summed E-state index contributed by atoms with van der Waals surface area (Å²) in [7, 11) is 0. The Labute approximate surface area is 175 Å². The monoisotopic (exact) mass is 513 g/mol. The van der Waals surface area contributed by atoms with Crippen molar-refractivity contribution in [1.29, 1.82) is 0 Å². The van der Waals surface area contributed by atoms with Gasteiger partial charge in [0.2, 0.25) is 5.91 Å². The van der Waals surface area contributed by atoms with E-state index in [9.17, 15) is 18.0 Å². The number of hydrogen-bond donors (Lipinski definition) is 3. The molecule has 0 fully saturated rings. The molecule has 1 aromatic carbocycles. The SMILES string of the molecule is CCNC(=NCc1cccc(C(N)=O)c1)NCc1nc(C(F)(F)F)cs1.I. The van der Waals surface area contributed by atoms with Crippen LogP contribution in [0.3, 0.4) is 0 Å². The number of amides is 1. The third-order valence-electron chi connectivity index (χ3n) is 3.22. The number of thiazole rings is 1. The Balaban J connectivity index is 0.00000364. The summed E-state index contributed by atoms with van der Waals surface area (Å²) < 4.78 is 37.7. The van der Waals surface area contributed by atoms with Gasteiger partial charge in [-0.1, -0.05) is 12.1 Å². The molecule has 0 saturated heterocycles. The van der Waals surface area contributed by atoms with E-state index in [0.29, 0.717) is 23.1 Å². The number of hydrogen-bond acceptors (Lipinski definition) is 4. The summed E-state index contributed by atoms with van der Waals surface area (Å²) in [4.78, 5) is 19.1. The van der Waals surface area contributed by atoms with E-state index < -0.39 is 17.8 Å².